The Kier molecular flexibility index (Phi) is 4.03. The summed E-state index contributed by atoms with van der Waals surface area (Å²) >= 11 is 0. The summed E-state index contributed by atoms with van der Waals surface area (Å²) in [7, 11) is 0. The van der Waals surface area contributed by atoms with E-state index in [0.29, 0.717) is 5.92 Å². The lowest BCUT2D eigenvalue weighted by Crippen LogP contribution is -2.29. The van der Waals surface area contributed by atoms with Gasteiger partial charge in [0.2, 0.25) is 0 Å². The van der Waals surface area contributed by atoms with E-state index >= 15 is 0 Å². The van der Waals surface area contributed by atoms with Gasteiger partial charge in [-0.05, 0) is 43.4 Å². The molecule has 2 atom stereocenters. The monoisotopic (exact) mass is 226 g/mol. The number of carboxylic acids is 1. The molecule has 1 aliphatic carbocycles. The van der Waals surface area contributed by atoms with E-state index in [1.807, 2.05) is 0 Å². The maximum atomic E-state index is 11.5. The summed E-state index contributed by atoms with van der Waals surface area (Å²) in [6.45, 7) is 8.74. The number of rotatable bonds is 4. The van der Waals surface area contributed by atoms with Crippen LogP contribution in [0.4, 0.5) is 0 Å². The first-order valence-electron chi connectivity index (χ1n) is 6.52. The van der Waals surface area contributed by atoms with Crippen LogP contribution in [0.25, 0.3) is 0 Å². The molecule has 1 saturated carbocycles. The van der Waals surface area contributed by atoms with Crippen molar-refractivity contribution in [1.29, 1.82) is 0 Å². The summed E-state index contributed by atoms with van der Waals surface area (Å²) in [6.07, 6.45) is 5.88. The highest BCUT2D eigenvalue weighted by molar-refractivity contribution is 5.75. The molecule has 0 bridgehead atoms. The van der Waals surface area contributed by atoms with Crippen molar-refractivity contribution in [2.75, 3.05) is 0 Å². The molecule has 1 fully saturated rings. The van der Waals surface area contributed by atoms with Crippen LogP contribution in [-0.4, -0.2) is 11.1 Å². The Morgan fingerprint density at radius 2 is 2.06 bits per heavy atom. The van der Waals surface area contributed by atoms with Gasteiger partial charge in [-0.2, -0.15) is 0 Å². The average molecular weight is 226 g/mol. The van der Waals surface area contributed by atoms with Crippen LogP contribution in [0.5, 0.6) is 0 Å². The Labute approximate surface area is 99.4 Å². The predicted octanol–water partition coefficient (Wildman–Crippen LogP) is 4.09. The SMILES string of the molecule is CCC1CCC(CCC(C)(C)C)(C(=O)O)C1. The van der Waals surface area contributed by atoms with Crippen molar-refractivity contribution >= 4 is 5.97 Å². The summed E-state index contributed by atoms with van der Waals surface area (Å²) in [5, 5.41) is 9.47. The Balaban J connectivity index is 2.65. The average Bonchev–Trinajstić information content (AvgIpc) is 2.58. The summed E-state index contributed by atoms with van der Waals surface area (Å²) < 4.78 is 0. The van der Waals surface area contributed by atoms with Crippen LogP contribution >= 0.6 is 0 Å². The topological polar surface area (TPSA) is 37.3 Å². The molecule has 1 rings (SSSR count). The molecule has 1 N–H and O–H groups in total. The lowest BCUT2D eigenvalue weighted by Gasteiger charge is -2.28. The van der Waals surface area contributed by atoms with Crippen molar-refractivity contribution in [3.8, 4) is 0 Å². The maximum Gasteiger partial charge on any atom is 0.309 e. The number of aliphatic carboxylic acids is 1. The number of hydrogen-bond acceptors (Lipinski definition) is 1. The second-order valence-electron chi connectivity index (χ2n) is 6.66. The molecule has 16 heavy (non-hydrogen) atoms. The van der Waals surface area contributed by atoms with E-state index in [1.54, 1.807) is 0 Å². The van der Waals surface area contributed by atoms with E-state index in [4.69, 9.17) is 0 Å². The van der Waals surface area contributed by atoms with Crippen LogP contribution in [0.15, 0.2) is 0 Å². The molecule has 0 aromatic heterocycles. The van der Waals surface area contributed by atoms with Gasteiger partial charge in [0.25, 0.3) is 0 Å². The number of carboxylic acid groups (broad SMARTS) is 1. The largest absolute Gasteiger partial charge is 0.481 e. The Morgan fingerprint density at radius 1 is 1.44 bits per heavy atom. The van der Waals surface area contributed by atoms with E-state index in [-0.39, 0.29) is 5.41 Å². The van der Waals surface area contributed by atoms with Gasteiger partial charge in [0.05, 0.1) is 5.41 Å². The molecule has 0 saturated heterocycles. The molecule has 1 aliphatic rings. The normalized spacial score (nSPS) is 30.6. The van der Waals surface area contributed by atoms with Crippen molar-refractivity contribution in [3.63, 3.8) is 0 Å². The molecule has 0 aliphatic heterocycles. The lowest BCUT2D eigenvalue weighted by molar-refractivity contribution is -0.149. The van der Waals surface area contributed by atoms with E-state index in [1.165, 1.54) is 0 Å². The summed E-state index contributed by atoms with van der Waals surface area (Å²) in [4.78, 5) is 11.5. The second kappa shape index (κ2) is 4.77. The second-order valence-corrected chi connectivity index (χ2v) is 6.66. The van der Waals surface area contributed by atoms with Gasteiger partial charge in [-0.15, -0.1) is 0 Å². The van der Waals surface area contributed by atoms with Crippen LogP contribution in [-0.2, 0) is 4.79 Å². The third kappa shape index (κ3) is 3.23. The zero-order chi connectivity index (χ0) is 12.4. The minimum absolute atomic E-state index is 0.243. The van der Waals surface area contributed by atoms with E-state index < -0.39 is 11.4 Å². The van der Waals surface area contributed by atoms with Crippen LogP contribution in [0.3, 0.4) is 0 Å². The third-order valence-electron chi connectivity index (χ3n) is 4.10. The summed E-state index contributed by atoms with van der Waals surface area (Å²) in [5.41, 5.74) is -0.166. The lowest BCUT2D eigenvalue weighted by atomic mass is 9.76. The van der Waals surface area contributed by atoms with E-state index in [2.05, 4.69) is 27.7 Å². The summed E-state index contributed by atoms with van der Waals surface area (Å²) in [5.74, 6) is 0.0729. The van der Waals surface area contributed by atoms with Crippen LogP contribution < -0.4 is 0 Å². The van der Waals surface area contributed by atoms with Gasteiger partial charge >= 0.3 is 5.97 Å². The highest BCUT2D eigenvalue weighted by atomic mass is 16.4. The van der Waals surface area contributed by atoms with E-state index in [0.717, 1.165) is 38.5 Å². The zero-order valence-corrected chi connectivity index (χ0v) is 11.2. The molecule has 0 aromatic rings. The fourth-order valence-electron chi connectivity index (χ4n) is 2.73. The van der Waals surface area contributed by atoms with Gasteiger partial charge < -0.3 is 5.11 Å². The number of hydrogen-bond donors (Lipinski definition) is 1. The first kappa shape index (κ1) is 13.5. The standard InChI is InChI=1S/C14H26O2/c1-5-11-6-7-14(10-11,12(15)16)9-8-13(2,3)4/h11H,5-10H2,1-4H3,(H,15,16). The predicted molar refractivity (Wildman–Crippen MR) is 66.4 cm³/mol. The molecule has 2 nitrogen and oxygen atoms in total. The van der Waals surface area contributed by atoms with Crippen molar-refractivity contribution in [3.05, 3.63) is 0 Å². The van der Waals surface area contributed by atoms with Crippen molar-refractivity contribution in [2.24, 2.45) is 16.7 Å². The Bertz CT molecular complexity index is 252. The van der Waals surface area contributed by atoms with Gasteiger partial charge in [-0.3, -0.25) is 4.79 Å². The number of carbonyl (C=O) groups is 1. The molecule has 94 valence electrons. The minimum atomic E-state index is -0.562. The molecule has 0 heterocycles. The fraction of sp³-hybridized carbons (Fsp3) is 0.929. The van der Waals surface area contributed by atoms with E-state index in [9.17, 15) is 9.90 Å². The molecule has 2 unspecified atom stereocenters. The van der Waals surface area contributed by atoms with Gasteiger partial charge in [0, 0.05) is 0 Å². The first-order valence-corrected chi connectivity index (χ1v) is 6.52. The first-order chi connectivity index (χ1) is 7.29. The summed E-state index contributed by atoms with van der Waals surface area (Å²) in [6, 6.07) is 0. The minimum Gasteiger partial charge on any atom is -0.481 e. The van der Waals surface area contributed by atoms with Crippen molar-refractivity contribution in [2.45, 2.75) is 66.2 Å². The third-order valence-corrected chi connectivity index (χ3v) is 4.10. The Morgan fingerprint density at radius 3 is 2.44 bits per heavy atom. The molecule has 0 aromatic carbocycles. The highest BCUT2D eigenvalue weighted by Crippen LogP contribution is 2.47. The van der Waals surface area contributed by atoms with Gasteiger partial charge in [-0.1, -0.05) is 34.1 Å². The molecular weight excluding hydrogens is 200 g/mol. The molecule has 0 amide bonds. The van der Waals surface area contributed by atoms with Gasteiger partial charge in [0.1, 0.15) is 0 Å². The fourth-order valence-corrected chi connectivity index (χ4v) is 2.73. The van der Waals surface area contributed by atoms with Crippen LogP contribution in [0.1, 0.15) is 66.2 Å². The maximum absolute atomic E-state index is 11.5. The van der Waals surface area contributed by atoms with Crippen molar-refractivity contribution in [1.82, 2.24) is 0 Å². The highest BCUT2D eigenvalue weighted by Gasteiger charge is 2.44. The molecule has 0 spiro atoms. The van der Waals surface area contributed by atoms with Gasteiger partial charge in [0.15, 0.2) is 0 Å². The van der Waals surface area contributed by atoms with Crippen LogP contribution in [0, 0.1) is 16.7 Å². The zero-order valence-electron chi connectivity index (χ0n) is 11.2. The molecule has 0 radical (unpaired) electrons. The van der Waals surface area contributed by atoms with Crippen molar-refractivity contribution < 1.29 is 9.90 Å². The quantitative estimate of drug-likeness (QED) is 0.783. The molecule has 2 heteroatoms. The smallest absolute Gasteiger partial charge is 0.309 e. The van der Waals surface area contributed by atoms with Crippen LogP contribution in [0.2, 0.25) is 0 Å². The molecular formula is C14H26O2. The Hall–Kier alpha value is -0.530. The van der Waals surface area contributed by atoms with Gasteiger partial charge in [-0.25, -0.2) is 0 Å².